The van der Waals surface area contributed by atoms with Gasteiger partial charge in [-0.2, -0.15) is 5.26 Å². The first-order valence-electron chi connectivity index (χ1n) is 7.72. The van der Waals surface area contributed by atoms with Gasteiger partial charge in [-0.25, -0.2) is 14.8 Å². The molecule has 0 unspecified atom stereocenters. The summed E-state index contributed by atoms with van der Waals surface area (Å²) in [5.41, 5.74) is 2.06. The van der Waals surface area contributed by atoms with Gasteiger partial charge in [-0.3, -0.25) is 0 Å². The maximum atomic E-state index is 10.6. The minimum absolute atomic E-state index is 0.0693. The van der Waals surface area contributed by atoms with Crippen molar-refractivity contribution in [1.29, 1.82) is 5.26 Å². The van der Waals surface area contributed by atoms with Gasteiger partial charge in [-0.05, 0) is 54.6 Å². The number of aromatic nitrogens is 2. The first kappa shape index (κ1) is 19.0. The Morgan fingerprint density at radius 1 is 0.852 bits per heavy atom. The van der Waals surface area contributed by atoms with Crippen LogP contribution in [-0.4, -0.2) is 21.0 Å². The molecular formula is C20H11Br2N3O2. The molecule has 0 atom stereocenters. The molecule has 0 aliphatic carbocycles. The predicted molar refractivity (Wildman–Crippen MR) is 111 cm³/mol. The predicted octanol–water partition coefficient (Wildman–Crippen LogP) is 5.56. The average molecular weight is 485 g/mol. The second-order valence-corrected chi connectivity index (χ2v) is 7.32. The van der Waals surface area contributed by atoms with Gasteiger partial charge in [-0.1, -0.05) is 37.9 Å². The summed E-state index contributed by atoms with van der Waals surface area (Å²) in [5, 5.41) is 19.3. The van der Waals surface area contributed by atoms with Gasteiger partial charge in [0.15, 0.2) is 0 Å². The fourth-order valence-corrected chi connectivity index (χ4v) is 3.13. The van der Waals surface area contributed by atoms with Gasteiger partial charge in [0.05, 0.1) is 11.0 Å². The molecule has 7 heteroatoms. The Hall–Kier alpha value is -2.82. The van der Waals surface area contributed by atoms with Crippen molar-refractivity contribution in [2.24, 2.45) is 0 Å². The van der Waals surface area contributed by atoms with Crippen LogP contribution in [0.5, 0.6) is 0 Å². The second kappa shape index (κ2) is 8.25. The number of hydrogen-bond donors (Lipinski definition) is 1. The lowest BCUT2D eigenvalue weighted by molar-refractivity contribution is 0.0691. The van der Waals surface area contributed by atoms with Crippen LogP contribution in [0.25, 0.3) is 21.8 Å². The van der Waals surface area contributed by atoms with E-state index in [1.807, 2.05) is 42.5 Å². The van der Waals surface area contributed by atoms with E-state index in [-0.39, 0.29) is 5.69 Å². The van der Waals surface area contributed by atoms with Crippen molar-refractivity contribution >= 4 is 59.6 Å². The van der Waals surface area contributed by atoms with Crippen molar-refractivity contribution in [2.45, 2.75) is 0 Å². The Labute approximate surface area is 171 Å². The van der Waals surface area contributed by atoms with E-state index in [0.717, 1.165) is 25.2 Å². The van der Waals surface area contributed by atoms with Crippen molar-refractivity contribution in [1.82, 2.24) is 9.97 Å². The topological polar surface area (TPSA) is 86.9 Å². The van der Waals surface area contributed by atoms with Crippen LogP contribution in [0.1, 0.15) is 16.2 Å². The standard InChI is InChI=1S/C10H5BrN2.C10H6BrNO2/c11-8-2-4-10-7(5-8)1-3-9(6-12)13-10;11-7-2-4-8-6(5-7)1-3-9(12-8)10(13)14/h1-5H;1-5H,(H,13,14). The van der Waals surface area contributed by atoms with E-state index in [1.165, 1.54) is 6.07 Å². The SMILES string of the molecule is N#Cc1ccc2cc(Br)ccc2n1.O=C(O)c1ccc2cc(Br)ccc2n1. The summed E-state index contributed by atoms with van der Waals surface area (Å²) in [5.74, 6) is -1.00. The second-order valence-electron chi connectivity index (χ2n) is 5.48. The highest BCUT2D eigenvalue weighted by Crippen LogP contribution is 2.19. The van der Waals surface area contributed by atoms with E-state index in [9.17, 15) is 4.79 Å². The number of carbonyl (C=O) groups is 1. The van der Waals surface area contributed by atoms with Crippen molar-refractivity contribution in [3.8, 4) is 6.07 Å². The summed E-state index contributed by atoms with van der Waals surface area (Å²) in [6.07, 6.45) is 0. The number of halogens is 2. The highest BCUT2D eigenvalue weighted by Gasteiger charge is 2.05. The Bertz CT molecular complexity index is 1200. The Morgan fingerprint density at radius 2 is 1.41 bits per heavy atom. The molecule has 4 rings (SSSR count). The summed E-state index contributed by atoms with van der Waals surface area (Å²) < 4.78 is 1.97. The zero-order chi connectivity index (χ0) is 19.4. The maximum absolute atomic E-state index is 10.6. The van der Waals surface area contributed by atoms with Crippen molar-refractivity contribution in [3.05, 3.63) is 81.0 Å². The molecule has 2 aromatic heterocycles. The van der Waals surface area contributed by atoms with E-state index in [2.05, 4.69) is 41.8 Å². The molecule has 0 radical (unpaired) electrons. The molecule has 27 heavy (non-hydrogen) atoms. The molecule has 2 aromatic carbocycles. The number of rotatable bonds is 1. The highest BCUT2D eigenvalue weighted by atomic mass is 79.9. The molecule has 0 fully saturated rings. The molecule has 0 spiro atoms. The van der Waals surface area contributed by atoms with Crippen LogP contribution in [0.4, 0.5) is 0 Å². The smallest absolute Gasteiger partial charge is 0.354 e. The van der Waals surface area contributed by atoms with Crippen LogP contribution in [0.2, 0.25) is 0 Å². The monoisotopic (exact) mass is 483 g/mol. The number of carboxylic acids is 1. The molecule has 0 bridgehead atoms. The molecule has 0 amide bonds. The normalized spacial score (nSPS) is 10.1. The summed E-state index contributed by atoms with van der Waals surface area (Å²) in [6.45, 7) is 0. The molecule has 5 nitrogen and oxygen atoms in total. The Kier molecular flexibility index (Phi) is 5.79. The van der Waals surface area contributed by atoms with Crippen LogP contribution >= 0.6 is 31.9 Å². The van der Waals surface area contributed by atoms with Crippen LogP contribution in [0, 0.1) is 11.3 Å². The molecule has 132 valence electrons. The molecule has 4 aromatic rings. The number of hydrogen-bond acceptors (Lipinski definition) is 4. The van der Waals surface area contributed by atoms with Crippen molar-refractivity contribution in [2.75, 3.05) is 0 Å². The lowest BCUT2D eigenvalue weighted by Gasteiger charge is -1.99. The Balaban J connectivity index is 0.000000156. The lowest BCUT2D eigenvalue weighted by Crippen LogP contribution is -1.99. The fourth-order valence-electron chi connectivity index (χ4n) is 2.37. The van der Waals surface area contributed by atoms with Gasteiger partial charge in [0.25, 0.3) is 0 Å². The number of benzene rings is 2. The van der Waals surface area contributed by atoms with Crippen molar-refractivity contribution in [3.63, 3.8) is 0 Å². The van der Waals surface area contributed by atoms with Crippen LogP contribution in [0.15, 0.2) is 69.6 Å². The average Bonchev–Trinajstić information content (AvgIpc) is 2.67. The van der Waals surface area contributed by atoms with Gasteiger partial charge in [0.1, 0.15) is 17.5 Å². The third-order valence-corrected chi connectivity index (χ3v) is 4.62. The third-order valence-electron chi connectivity index (χ3n) is 3.64. The van der Waals surface area contributed by atoms with E-state index in [1.54, 1.807) is 18.2 Å². The minimum atomic E-state index is -1.00. The number of pyridine rings is 2. The molecular weight excluding hydrogens is 474 g/mol. The number of fused-ring (bicyclic) bond motifs is 2. The first-order chi connectivity index (χ1) is 13.0. The minimum Gasteiger partial charge on any atom is -0.477 e. The molecule has 2 heterocycles. The molecule has 1 N–H and O–H groups in total. The molecule has 0 aliphatic heterocycles. The van der Waals surface area contributed by atoms with Gasteiger partial charge >= 0.3 is 5.97 Å². The summed E-state index contributed by atoms with van der Waals surface area (Å²) in [6, 6.07) is 20.2. The quantitative estimate of drug-likeness (QED) is 0.382. The van der Waals surface area contributed by atoms with E-state index in [4.69, 9.17) is 10.4 Å². The van der Waals surface area contributed by atoms with Crippen LogP contribution in [0.3, 0.4) is 0 Å². The molecule has 0 saturated carbocycles. The van der Waals surface area contributed by atoms with Crippen molar-refractivity contribution < 1.29 is 9.90 Å². The zero-order valence-corrected chi connectivity index (χ0v) is 16.9. The first-order valence-corrected chi connectivity index (χ1v) is 9.31. The summed E-state index contributed by atoms with van der Waals surface area (Å²) in [7, 11) is 0. The van der Waals surface area contributed by atoms with Crippen LogP contribution in [-0.2, 0) is 0 Å². The zero-order valence-electron chi connectivity index (χ0n) is 13.7. The molecule has 0 saturated heterocycles. The van der Waals surface area contributed by atoms with Gasteiger partial charge in [0, 0.05) is 19.7 Å². The number of nitriles is 1. The van der Waals surface area contributed by atoms with E-state index in [0.29, 0.717) is 11.2 Å². The summed E-state index contributed by atoms with van der Waals surface area (Å²) >= 11 is 6.71. The number of aromatic carboxylic acids is 1. The van der Waals surface area contributed by atoms with E-state index < -0.39 is 5.97 Å². The lowest BCUT2D eigenvalue weighted by atomic mass is 10.2. The summed E-state index contributed by atoms with van der Waals surface area (Å²) in [4.78, 5) is 18.8. The van der Waals surface area contributed by atoms with Gasteiger partial charge in [0.2, 0.25) is 0 Å². The van der Waals surface area contributed by atoms with Gasteiger partial charge in [-0.15, -0.1) is 0 Å². The molecule has 0 aliphatic rings. The van der Waals surface area contributed by atoms with Gasteiger partial charge < -0.3 is 5.11 Å². The number of carboxylic acid groups (broad SMARTS) is 1. The maximum Gasteiger partial charge on any atom is 0.354 e. The Morgan fingerprint density at radius 3 is 1.96 bits per heavy atom. The number of nitrogens with zero attached hydrogens (tertiary/aromatic N) is 3. The largest absolute Gasteiger partial charge is 0.477 e. The fraction of sp³-hybridized carbons (Fsp3) is 0. The van der Waals surface area contributed by atoms with E-state index >= 15 is 0 Å². The van der Waals surface area contributed by atoms with Crippen LogP contribution < -0.4 is 0 Å². The third kappa shape index (κ3) is 4.67. The highest BCUT2D eigenvalue weighted by molar-refractivity contribution is 9.10.